The summed E-state index contributed by atoms with van der Waals surface area (Å²) in [7, 11) is 0. The van der Waals surface area contributed by atoms with Crippen LogP contribution in [0.3, 0.4) is 0 Å². The van der Waals surface area contributed by atoms with Crippen molar-refractivity contribution in [2.45, 2.75) is 26.0 Å². The Morgan fingerprint density at radius 3 is 2.07 bits per heavy atom. The van der Waals surface area contributed by atoms with E-state index >= 15 is 0 Å². The minimum absolute atomic E-state index is 0.0784. The monoisotopic (exact) mass is 381 g/mol. The van der Waals surface area contributed by atoms with Crippen LogP contribution in [0.25, 0.3) is 0 Å². The predicted molar refractivity (Wildman–Crippen MR) is 104 cm³/mol. The maximum absolute atomic E-state index is 12.5. The summed E-state index contributed by atoms with van der Waals surface area (Å²) in [4.78, 5) is 35.8. The van der Waals surface area contributed by atoms with E-state index in [0.29, 0.717) is 5.56 Å². The molecule has 1 N–H and O–H groups in total. The molecule has 2 aromatic carbocycles. The van der Waals surface area contributed by atoms with Crippen LogP contribution in [0.5, 0.6) is 0 Å². The molecular formula is C22H23NO5. The van der Waals surface area contributed by atoms with Gasteiger partial charge in [0.15, 0.2) is 0 Å². The molecule has 0 aliphatic carbocycles. The standard InChI is InChI=1S/C22H23NO5/c1-16(2)28-21(25)14-13-20(24)27-15-19(17-9-5-3-6-10-17)23-22(26)18-11-7-4-8-12-18/h3-14,16,19H,15H2,1-2H3,(H,23,26)/b14-13+/t19-/m1/s1. The fourth-order valence-electron chi connectivity index (χ4n) is 2.36. The van der Waals surface area contributed by atoms with Crippen molar-refractivity contribution in [3.63, 3.8) is 0 Å². The Kier molecular flexibility index (Phi) is 7.96. The van der Waals surface area contributed by atoms with Crippen molar-refractivity contribution >= 4 is 17.8 Å². The highest BCUT2D eigenvalue weighted by Crippen LogP contribution is 2.14. The lowest BCUT2D eigenvalue weighted by atomic mass is 10.1. The molecule has 0 bridgehead atoms. The first-order valence-electron chi connectivity index (χ1n) is 8.92. The van der Waals surface area contributed by atoms with Gasteiger partial charge in [-0.25, -0.2) is 9.59 Å². The summed E-state index contributed by atoms with van der Waals surface area (Å²) in [5.41, 5.74) is 1.30. The second kappa shape index (κ2) is 10.7. The van der Waals surface area contributed by atoms with Crippen molar-refractivity contribution in [1.82, 2.24) is 5.32 Å². The van der Waals surface area contributed by atoms with Crippen LogP contribution in [-0.4, -0.2) is 30.6 Å². The van der Waals surface area contributed by atoms with Crippen molar-refractivity contribution in [1.29, 1.82) is 0 Å². The highest BCUT2D eigenvalue weighted by molar-refractivity contribution is 5.94. The summed E-state index contributed by atoms with van der Waals surface area (Å²) in [5.74, 6) is -1.60. The van der Waals surface area contributed by atoms with Gasteiger partial charge in [0.2, 0.25) is 0 Å². The molecule has 1 atom stereocenters. The lowest BCUT2D eigenvalue weighted by Gasteiger charge is -2.19. The van der Waals surface area contributed by atoms with Crippen LogP contribution in [0.15, 0.2) is 72.8 Å². The zero-order valence-electron chi connectivity index (χ0n) is 15.8. The van der Waals surface area contributed by atoms with E-state index in [4.69, 9.17) is 9.47 Å². The van der Waals surface area contributed by atoms with E-state index in [9.17, 15) is 14.4 Å². The number of amides is 1. The molecule has 2 aromatic rings. The first-order chi connectivity index (χ1) is 13.5. The van der Waals surface area contributed by atoms with Crippen LogP contribution in [-0.2, 0) is 19.1 Å². The molecule has 0 saturated carbocycles. The van der Waals surface area contributed by atoms with Gasteiger partial charge in [-0.15, -0.1) is 0 Å². The number of rotatable bonds is 8. The fourth-order valence-corrected chi connectivity index (χ4v) is 2.36. The molecule has 0 heterocycles. The lowest BCUT2D eigenvalue weighted by molar-refractivity contribution is -0.143. The van der Waals surface area contributed by atoms with E-state index in [2.05, 4.69) is 5.32 Å². The Hall–Kier alpha value is -3.41. The average molecular weight is 381 g/mol. The Morgan fingerprint density at radius 1 is 0.893 bits per heavy atom. The molecule has 6 nitrogen and oxygen atoms in total. The van der Waals surface area contributed by atoms with Crippen LogP contribution in [0.1, 0.15) is 35.8 Å². The van der Waals surface area contributed by atoms with Crippen molar-refractivity contribution < 1.29 is 23.9 Å². The zero-order chi connectivity index (χ0) is 20.4. The van der Waals surface area contributed by atoms with Gasteiger partial charge in [0, 0.05) is 17.7 Å². The molecule has 0 saturated heterocycles. The van der Waals surface area contributed by atoms with Gasteiger partial charge in [-0.2, -0.15) is 0 Å². The second-order valence-corrected chi connectivity index (χ2v) is 6.25. The Balaban J connectivity index is 2.00. The van der Waals surface area contributed by atoms with Gasteiger partial charge in [0.05, 0.1) is 12.1 Å². The number of carbonyl (C=O) groups is 3. The van der Waals surface area contributed by atoms with Gasteiger partial charge < -0.3 is 14.8 Å². The number of hydrogen-bond donors (Lipinski definition) is 1. The molecule has 6 heteroatoms. The molecule has 146 valence electrons. The van der Waals surface area contributed by atoms with E-state index in [1.807, 2.05) is 36.4 Å². The van der Waals surface area contributed by atoms with Gasteiger partial charge in [-0.05, 0) is 31.5 Å². The Labute approximate surface area is 164 Å². The van der Waals surface area contributed by atoms with Crippen molar-refractivity contribution in [2.75, 3.05) is 6.61 Å². The summed E-state index contributed by atoms with van der Waals surface area (Å²) >= 11 is 0. The molecule has 1 amide bonds. The fraction of sp³-hybridized carbons (Fsp3) is 0.227. The van der Waals surface area contributed by atoms with Crippen molar-refractivity contribution in [2.24, 2.45) is 0 Å². The number of carbonyl (C=O) groups excluding carboxylic acids is 3. The minimum atomic E-state index is -0.699. The molecule has 0 spiro atoms. The number of ether oxygens (including phenoxy) is 2. The van der Waals surface area contributed by atoms with Gasteiger partial charge in [0.1, 0.15) is 6.61 Å². The van der Waals surface area contributed by atoms with Crippen LogP contribution >= 0.6 is 0 Å². The normalized spacial score (nSPS) is 11.8. The summed E-state index contributed by atoms with van der Waals surface area (Å²) < 4.78 is 10.1. The third kappa shape index (κ3) is 7.07. The lowest BCUT2D eigenvalue weighted by Crippen LogP contribution is -2.32. The third-order valence-corrected chi connectivity index (χ3v) is 3.64. The molecule has 0 radical (unpaired) electrons. The molecule has 0 aliphatic heterocycles. The zero-order valence-corrected chi connectivity index (χ0v) is 15.8. The first kappa shape index (κ1) is 20.9. The maximum Gasteiger partial charge on any atom is 0.331 e. The maximum atomic E-state index is 12.5. The average Bonchev–Trinajstić information content (AvgIpc) is 2.70. The van der Waals surface area contributed by atoms with Crippen molar-refractivity contribution in [3.8, 4) is 0 Å². The largest absolute Gasteiger partial charge is 0.460 e. The van der Waals surface area contributed by atoms with E-state index in [-0.39, 0.29) is 18.6 Å². The van der Waals surface area contributed by atoms with E-state index < -0.39 is 18.0 Å². The molecule has 2 rings (SSSR count). The Morgan fingerprint density at radius 2 is 1.46 bits per heavy atom. The van der Waals surface area contributed by atoms with E-state index in [0.717, 1.165) is 17.7 Å². The smallest absolute Gasteiger partial charge is 0.331 e. The van der Waals surface area contributed by atoms with Crippen LogP contribution in [0.2, 0.25) is 0 Å². The van der Waals surface area contributed by atoms with E-state index in [1.165, 1.54) is 0 Å². The van der Waals surface area contributed by atoms with Gasteiger partial charge in [-0.1, -0.05) is 48.5 Å². The number of esters is 2. The summed E-state index contributed by atoms with van der Waals surface area (Å²) in [6.45, 7) is 3.35. The summed E-state index contributed by atoms with van der Waals surface area (Å²) in [5, 5.41) is 2.86. The van der Waals surface area contributed by atoms with Gasteiger partial charge >= 0.3 is 11.9 Å². The molecule has 0 aromatic heterocycles. The molecular weight excluding hydrogens is 358 g/mol. The summed E-state index contributed by atoms with van der Waals surface area (Å²) in [6.07, 6.45) is 1.75. The second-order valence-electron chi connectivity index (χ2n) is 6.25. The predicted octanol–water partition coefficient (Wildman–Crippen LogP) is 3.21. The highest BCUT2D eigenvalue weighted by Gasteiger charge is 2.17. The topological polar surface area (TPSA) is 81.7 Å². The molecule has 28 heavy (non-hydrogen) atoms. The van der Waals surface area contributed by atoms with Crippen LogP contribution < -0.4 is 5.32 Å². The van der Waals surface area contributed by atoms with Gasteiger partial charge in [-0.3, -0.25) is 4.79 Å². The van der Waals surface area contributed by atoms with E-state index in [1.54, 1.807) is 38.1 Å². The summed E-state index contributed by atoms with van der Waals surface area (Å²) in [6, 6.07) is 17.4. The number of nitrogens with one attached hydrogen (secondary N) is 1. The minimum Gasteiger partial charge on any atom is -0.460 e. The molecule has 0 aliphatic rings. The highest BCUT2D eigenvalue weighted by atomic mass is 16.5. The quantitative estimate of drug-likeness (QED) is 0.561. The Bertz CT molecular complexity index is 815. The van der Waals surface area contributed by atoms with Crippen LogP contribution in [0, 0.1) is 0 Å². The van der Waals surface area contributed by atoms with Crippen molar-refractivity contribution in [3.05, 3.63) is 83.9 Å². The third-order valence-electron chi connectivity index (χ3n) is 3.64. The molecule has 0 unspecified atom stereocenters. The number of benzene rings is 2. The molecule has 0 fully saturated rings. The number of hydrogen-bond acceptors (Lipinski definition) is 5. The SMILES string of the molecule is CC(C)OC(=O)/C=C/C(=O)OC[C@@H](NC(=O)c1ccccc1)c1ccccc1. The first-order valence-corrected chi connectivity index (χ1v) is 8.92. The van der Waals surface area contributed by atoms with Gasteiger partial charge in [0.25, 0.3) is 5.91 Å². The van der Waals surface area contributed by atoms with Crippen LogP contribution in [0.4, 0.5) is 0 Å².